The number of carbonyl (C=O) groups is 1. The Bertz CT molecular complexity index is 499. The number of carbonyl (C=O) groups excluding carboxylic acids is 1. The van der Waals surface area contributed by atoms with E-state index in [-0.39, 0.29) is 12.3 Å². The molecule has 1 rings (SSSR count). The monoisotopic (exact) mass is 303 g/mol. The quantitative estimate of drug-likeness (QED) is 0.898. The maximum atomic E-state index is 12.4. The van der Waals surface area contributed by atoms with Crippen molar-refractivity contribution in [1.29, 1.82) is 0 Å². The molecule has 0 aliphatic rings. The molecule has 0 spiro atoms. The van der Waals surface area contributed by atoms with Crippen LogP contribution in [0.15, 0.2) is 24.3 Å². The molecule has 0 saturated carbocycles. The van der Waals surface area contributed by atoms with Crippen molar-refractivity contribution in [3.05, 3.63) is 35.4 Å². The van der Waals surface area contributed by atoms with Crippen LogP contribution in [0.3, 0.4) is 0 Å². The predicted octanol–water partition coefficient (Wildman–Crippen LogP) is 2.91. The molecule has 2 N–H and O–H groups in total. The Labute approximate surface area is 122 Å². The largest absolute Gasteiger partial charge is 0.416 e. The fraction of sp³-hybridized carbons (Fsp3) is 0.533. The van der Waals surface area contributed by atoms with E-state index < -0.39 is 22.9 Å². The fourth-order valence-corrected chi connectivity index (χ4v) is 1.54. The van der Waals surface area contributed by atoms with Crippen molar-refractivity contribution >= 4 is 5.91 Å². The molecule has 1 aromatic rings. The van der Waals surface area contributed by atoms with Gasteiger partial charge in [0.25, 0.3) is 0 Å². The molecule has 0 heterocycles. The Morgan fingerprint density at radius 2 is 1.57 bits per heavy atom. The van der Waals surface area contributed by atoms with Gasteiger partial charge in [-0.1, -0.05) is 12.1 Å². The first-order valence-corrected chi connectivity index (χ1v) is 6.52. The highest BCUT2D eigenvalue weighted by Crippen LogP contribution is 2.29. The molecule has 21 heavy (non-hydrogen) atoms. The highest BCUT2D eigenvalue weighted by atomic mass is 19.4. The number of hydrogen-bond donors (Lipinski definition) is 2. The number of halogens is 3. The molecule has 0 unspecified atom stereocenters. The second kappa shape index (κ2) is 5.67. The number of benzene rings is 1. The minimum atomic E-state index is -4.39. The maximum absolute atomic E-state index is 12.4. The van der Waals surface area contributed by atoms with Gasteiger partial charge in [-0.05, 0) is 45.4 Å². The van der Waals surface area contributed by atoms with Crippen molar-refractivity contribution in [2.24, 2.45) is 0 Å². The molecular formula is C15H20F3NO2. The smallest absolute Gasteiger partial charge is 0.388 e. The van der Waals surface area contributed by atoms with Gasteiger partial charge in [-0.25, -0.2) is 0 Å². The zero-order valence-corrected chi connectivity index (χ0v) is 12.5. The lowest BCUT2D eigenvalue weighted by Crippen LogP contribution is -2.58. The summed E-state index contributed by atoms with van der Waals surface area (Å²) < 4.78 is 37.3. The van der Waals surface area contributed by atoms with Crippen molar-refractivity contribution in [2.45, 2.75) is 51.4 Å². The van der Waals surface area contributed by atoms with Crippen molar-refractivity contribution in [3.8, 4) is 0 Å². The molecule has 0 saturated heterocycles. The van der Waals surface area contributed by atoms with Gasteiger partial charge in [-0.3, -0.25) is 4.79 Å². The first-order valence-electron chi connectivity index (χ1n) is 6.52. The summed E-state index contributed by atoms with van der Waals surface area (Å²) in [5.41, 5.74) is -2.24. The molecule has 0 atom stereocenters. The number of hydrogen-bond acceptors (Lipinski definition) is 2. The minimum absolute atomic E-state index is 0.0440. The molecule has 1 amide bonds. The Balaban J connectivity index is 2.72. The summed E-state index contributed by atoms with van der Waals surface area (Å²) >= 11 is 0. The number of rotatable bonds is 4. The van der Waals surface area contributed by atoms with Crippen LogP contribution in [0, 0.1) is 0 Å². The predicted molar refractivity (Wildman–Crippen MR) is 73.7 cm³/mol. The van der Waals surface area contributed by atoms with E-state index in [0.29, 0.717) is 5.56 Å². The molecule has 118 valence electrons. The Morgan fingerprint density at radius 3 is 1.95 bits per heavy atom. The molecule has 3 nitrogen and oxygen atoms in total. The van der Waals surface area contributed by atoms with E-state index in [9.17, 15) is 23.1 Å². The van der Waals surface area contributed by atoms with Gasteiger partial charge in [0.1, 0.15) is 0 Å². The summed E-state index contributed by atoms with van der Waals surface area (Å²) in [5.74, 6) is -0.359. The third-order valence-electron chi connectivity index (χ3n) is 3.63. The number of amides is 1. The highest BCUT2D eigenvalue weighted by molar-refractivity contribution is 5.79. The third-order valence-corrected chi connectivity index (χ3v) is 3.63. The van der Waals surface area contributed by atoms with Crippen LogP contribution in [0.1, 0.15) is 38.8 Å². The lowest BCUT2D eigenvalue weighted by Gasteiger charge is -2.38. The van der Waals surface area contributed by atoms with E-state index >= 15 is 0 Å². The van der Waals surface area contributed by atoms with Gasteiger partial charge >= 0.3 is 6.18 Å². The summed E-state index contributed by atoms with van der Waals surface area (Å²) in [6.45, 7) is 6.51. The van der Waals surface area contributed by atoms with Crippen LogP contribution in [-0.2, 0) is 17.4 Å². The van der Waals surface area contributed by atoms with E-state index in [4.69, 9.17) is 0 Å². The third kappa shape index (κ3) is 4.74. The Kier molecular flexibility index (Phi) is 4.73. The van der Waals surface area contributed by atoms with Crippen LogP contribution in [0.5, 0.6) is 0 Å². The normalized spacial score (nSPS) is 13.1. The van der Waals surface area contributed by atoms with Gasteiger partial charge in [-0.15, -0.1) is 0 Å². The SMILES string of the molecule is CC(C)(O)C(C)(C)NC(=O)Cc1ccc(C(F)(F)F)cc1. The molecule has 0 aliphatic carbocycles. The van der Waals surface area contributed by atoms with Crippen LogP contribution < -0.4 is 5.32 Å². The average Bonchev–Trinajstić information content (AvgIpc) is 2.25. The zero-order chi connectivity index (χ0) is 16.5. The number of alkyl halides is 3. The van der Waals surface area contributed by atoms with E-state index in [1.165, 1.54) is 12.1 Å². The second-order valence-corrected chi connectivity index (χ2v) is 6.10. The molecule has 0 aliphatic heterocycles. The molecule has 1 aromatic carbocycles. The lowest BCUT2D eigenvalue weighted by atomic mass is 9.86. The van der Waals surface area contributed by atoms with Crippen LogP contribution in [-0.4, -0.2) is 22.2 Å². The minimum Gasteiger partial charge on any atom is -0.388 e. The molecular weight excluding hydrogens is 283 g/mol. The fourth-order valence-electron chi connectivity index (χ4n) is 1.54. The van der Waals surface area contributed by atoms with E-state index in [1.807, 2.05) is 0 Å². The van der Waals surface area contributed by atoms with E-state index in [1.54, 1.807) is 27.7 Å². The van der Waals surface area contributed by atoms with Crippen LogP contribution >= 0.6 is 0 Å². The average molecular weight is 303 g/mol. The Hall–Kier alpha value is -1.56. The second-order valence-electron chi connectivity index (χ2n) is 6.10. The number of aliphatic hydroxyl groups is 1. The maximum Gasteiger partial charge on any atom is 0.416 e. The van der Waals surface area contributed by atoms with Gasteiger partial charge in [0.2, 0.25) is 5.91 Å². The van der Waals surface area contributed by atoms with Gasteiger partial charge in [0.05, 0.1) is 23.1 Å². The first-order chi connectivity index (χ1) is 9.33. The Morgan fingerprint density at radius 1 is 1.10 bits per heavy atom. The number of nitrogens with one attached hydrogen (secondary N) is 1. The molecule has 0 aromatic heterocycles. The molecule has 0 fully saturated rings. The van der Waals surface area contributed by atoms with Crippen LogP contribution in [0.2, 0.25) is 0 Å². The summed E-state index contributed by atoms with van der Waals surface area (Å²) in [5, 5.41) is 12.6. The topological polar surface area (TPSA) is 49.3 Å². The summed E-state index contributed by atoms with van der Waals surface area (Å²) in [6.07, 6.45) is -4.43. The van der Waals surface area contributed by atoms with Crippen molar-refractivity contribution in [2.75, 3.05) is 0 Å². The lowest BCUT2D eigenvalue weighted by molar-refractivity contribution is -0.137. The van der Waals surface area contributed by atoms with E-state index in [0.717, 1.165) is 12.1 Å². The standard InChI is InChI=1S/C15H20F3NO2/c1-13(2,14(3,4)21)19-12(20)9-10-5-7-11(8-6-10)15(16,17)18/h5-8,21H,9H2,1-4H3,(H,19,20). The molecule has 6 heteroatoms. The van der Waals surface area contributed by atoms with Gasteiger partial charge in [0.15, 0.2) is 0 Å². The summed E-state index contributed by atoms with van der Waals surface area (Å²) in [6, 6.07) is 4.45. The van der Waals surface area contributed by atoms with E-state index in [2.05, 4.69) is 5.32 Å². The molecule has 0 bridgehead atoms. The van der Waals surface area contributed by atoms with Crippen LogP contribution in [0.25, 0.3) is 0 Å². The zero-order valence-electron chi connectivity index (χ0n) is 12.5. The first kappa shape index (κ1) is 17.5. The van der Waals surface area contributed by atoms with Crippen molar-refractivity contribution < 1.29 is 23.1 Å². The van der Waals surface area contributed by atoms with Gasteiger partial charge < -0.3 is 10.4 Å². The summed E-state index contributed by atoms with van der Waals surface area (Å²) in [4.78, 5) is 11.9. The van der Waals surface area contributed by atoms with Gasteiger partial charge in [0, 0.05) is 0 Å². The van der Waals surface area contributed by atoms with Crippen molar-refractivity contribution in [3.63, 3.8) is 0 Å². The summed E-state index contributed by atoms with van der Waals surface area (Å²) in [7, 11) is 0. The van der Waals surface area contributed by atoms with Crippen LogP contribution in [0.4, 0.5) is 13.2 Å². The molecule has 0 radical (unpaired) electrons. The van der Waals surface area contributed by atoms with Gasteiger partial charge in [-0.2, -0.15) is 13.2 Å². The van der Waals surface area contributed by atoms with Crippen molar-refractivity contribution in [1.82, 2.24) is 5.32 Å². The highest BCUT2D eigenvalue weighted by Gasteiger charge is 2.36.